The number of allylic oxidation sites excluding steroid dienone is 4. The highest BCUT2D eigenvalue weighted by atomic mass is 32.1. The molecule has 0 amide bonds. The van der Waals surface area contributed by atoms with E-state index in [1.807, 2.05) is 27.0 Å². The maximum atomic E-state index is 5.03. The quantitative estimate of drug-likeness (QED) is 0.213. The third-order valence-corrected chi connectivity index (χ3v) is 5.58. The zero-order valence-electron chi connectivity index (χ0n) is 28.5. The molecule has 0 saturated carbocycles. The Bertz CT molecular complexity index is 727. The van der Waals surface area contributed by atoms with E-state index in [-0.39, 0.29) is 0 Å². The van der Waals surface area contributed by atoms with Gasteiger partial charge < -0.3 is 16.8 Å². The minimum absolute atomic E-state index is 0.705. The molecule has 0 radical (unpaired) electrons. The summed E-state index contributed by atoms with van der Waals surface area (Å²) in [5.41, 5.74) is 14.6. The van der Waals surface area contributed by atoms with Gasteiger partial charge in [0.25, 0.3) is 0 Å². The normalized spacial score (nSPS) is 11.8. The number of nitrogens with two attached hydrogens (primary N) is 2. The number of hydrogen-bond donors (Lipinski definition) is 4. The van der Waals surface area contributed by atoms with Gasteiger partial charge in [-0.05, 0) is 68.7 Å². The summed E-state index contributed by atoms with van der Waals surface area (Å²) >= 11 is 4.49. The van der Waals surface area contributed by atoms with Crippen molar-refractivity contribution < 1.29 is 0 Å². The van der Waals surface area contributed by atoms with E-state index in [9.17, 15) is 0 Å². The Kier molecular flexibility index (Phi) is 41.4. The maximum absolute atomic E-state index is 5.03. The molecule has 4 heteroatoms. The van der Waals surface area contributed by atoms with E-state index >= 15 is 0 Å². The minimum atomic E-state index is 0.705. The van der Waals surface area contributed by atoms with Gasteiger partial charge in [-0.3, -0.25) is 0 Å². The van der Waals surface area contributed by atoms with E-state index in [1.54, 1.807) is 0 Å². The molecule has 3 nitrogen and oxygen atoms in total. The third-order valence-electron chi connectivity index (χ3n) is 5.16. The van der Waals surface area contributed by atoms with Crippen LogP contribution in [0.5, 0.6) is 0 Å². The molecule has 1 aliphatic carbocycles. The molecule has 39 heavy (non-hydrogen) atoms. The summed E-state index contributed by atoms with van der Waals surface area (Å²) in [7, 11) is 3.44. The van der Waals surface area contributed by atoms with Crippen LogP contribution in [0.2, 0.25) is 0 Å². The van der Waals surface area contributed by atoms with Crippen LogP contribution in [0.15, 0.2) is 55.2 Å². The van der Waals surface area contributed by atoms with Crippen molar-refractivity contribution in [1.82, 2.24) is 0 Å². The highest BCUT2D eigenvalue weighted by Gasteiger charge is 2.08. The van der Waals surface area contributed by atoms with Gasteiger partial charge in [-0.15, -0.1) is 25.8 Å². The maximum Gasteiger partial charge on any atom is 0.0417 e. The molecule has 0 saturated heterocycles. The van der Waals surface area contributed by atoms with Crippen LogP contribution >= 0.6 is 12.6 Å². The van der Waals surface area contributed by atoms with Gasteiger partial charge in [-0.1, -0.05) is 118 Å². The number of hydrogen-bond acceptors (Lipinski definition) is 4. The molecule has 5 N–H and O–H groups in total. The Balaban J connectivity index is -0.000000137. The SMILES string of the molecule is C=C.CC.CC(=CC(C)C(C)C)C(C)C.CC(C)C.CCCN.CN.CNc1cccc2c1C=CCC=C2S. The highest BCUT2D eigenvalue weighted by molar-refractivity contribution is 7.90. The number of anilines is 1. The van der Waals surface area contributed by atoms with E-state index in [2.05, 4.69) is 143 Å². The molecule has 2 rings (SSSR count). The van der Waals surface area contributed by atoms with Crippen molar-refractivity contribution >= 4 is 29.3 Å². The average Bonchev–Trinajstić information content (AvgIpc) is 3.13. The molecule has 0 heterocycles. The van der Waals surface area contributed by atoms with E-state index in [0.717, 1.165) is 47.7 Å². The lowest BCUT2D eigenvalue weighted by Crippen LogP contribution is -2.02. The van der Waals surface area contributed by atoms with E-state index in [1.165, 1.54) is 23.7 Å². The zero-order valence-corrected chi connectivity index (χ0v) is 29.4. The largest absolute Gasteiger partial charge is 0.388 e. The Morgan fingerprint density at radius 1 is 1.03 bits per heavy atom. The molecule has 0 aliphatic heterocycles. The summed E-state index contributed by atoms with van der Waals surface area (Å²) in [6, 6.07) is 6.23. The lowest BCUT2D eigenvalue weighted by Gasteiger charge is -2.13. The first kappa shape index (κ1) is 47.1. The molecule has 1 unspecified atom stereocenters. The number of nitrogens with one attached hydrogen (secondary N) is 1. The second kappa shape index (κ2) is 34.3. The first-order chi connectivity index (χ1) is 18.4. The van der Waals surface area contributed by atoms with Gasteiger partial charge in [-0.25, -0.2) is 0 Å². The topological polar surface area (TPSA) is 64.1 Å². The fourth-order valence-electron chi connectivity index (χ4n) is 2.46. The first-order valence-electron chi connectivity index (χ1n) is 14.8. The monoisotopic (exact) mass is 564 g/mol. The van der Waals surface area contributed by atoms with Crippen LogP contribution in [-0.4, -0.2) is 20.6 Å². The van der Waals surface area contributed by atoms with Crippen LogP contribution in [-0.2, 0) is 0 Å². The van der Waals surface area contributed by atoms with Gasteiger partial charge in [-0.2, -0.15) is 0 Å². The fourth-order valence-corrected chi connectivity index (χ4v) is 2.76. The molecule has 0 fully saturated rings. The van der Waals surface area contributed by atoms with Crippen LogP contribution in [0.4, 0.5) is 5.69 Å². The predicted molar refractivity (Wildman–Crippen MR) is 192 cm³/mol. The predicted octanol–water partition coefficient (Wildman–Crippen LogP) is 10.7. The molecule has 1 aromatic carbocycles. The molecular formula is C35H69N3S. The molecule has 0 spiro atoms. The van der Waals surface area contributed by atoms with Gasteiger partial charge in [0.1, 0.15) is 0 Å². The lowest BCUT2D eigenvalue weighted by molar-refractivity contribution is 0.497. The van der Waals surface area contributed by atoms with Crippen LogP contribution in [0.1, 0.15) is 107 Å². The number of thiol groups is 1. The van der Waals surface area contributed by atoms with Crippen LogP contribution in [0, 0.1) is 23.7 Å². The van der Waals surface area contributed by atoms with Crippen molar-refractivity contribution in [3.8, 4) is 0 Å². The molecule has 1 aliphatic rings. The number of benzene rings is 1. The van der Waals surface area contributed by atoms with Crippen molar-refractivity contribution in [2.75, 3.05) is 26.0 Å². The van der Waals surface area contributed by atoms with E-state index in [0.29, 0.717) is 5.92 Å². The molecule has 230 valence electrons. The number of rotatable bonds is 5. The minimum Gasteiger partial charge on any atom is -0.388 e. The van der Waals surface area contributed by atoms with Crippen molar-refractivity contribution in [3.63, 3.8) is 0 Å². The van der Waals surface area contributed by atoms with Crippen LogP contribution in [0.3, 0.4) is 0 Å². The van der Waals surface area contributed by atoms with Gasteiger partial charge in [0.15, 0.2) is 0 Å². The molecular weight excluding hydrogens is 494 g/mol. The highest BCUT2D eigenvalue weighted by Crippen LogP contribution is 2.31. The first-order valence-corrected chi connectivity index (χ1v) is 15.2. The molecule has 0 aromatic heterocycles. The lowest BCUT2D eigenvalue weighted by atomic mass is 9.93. The summed E-state index contributed by atoms with van der Waals surface area (Å²) in [5, 5.41) is 3.19. The third kappa shape index (κ3) is 29.1. The van der Waals surface area contributed by atoms with Crippen LogP contribution in [0.25, 0.3) is 11.0 Å². The summed E-state index contributed by atoms with van der Waals surface area (Å²) in [6.45, 7) is 32.9. The summed E-state index contributed by atoms with van der Waals surface area (Å²) in [6.07, 6.45) is 10.9. The zero-order chi connectivity index (χ0) is 32.0. The Morgan fingerprint density at radius 2 is 1.49 bits per heavy atom. The Hall–Kier alpha value is -1.75. The van der Waals surface area contributed by atoms with Gasteiger partial charge in [0.2, 0.25) is 0 Å². The van der Waals surface area contributed by atoms with E-state index in [4.69, 9.17) is 5.73 Å². The van der Waals surface area contributed by atoms with Crippen LogP contribution < -0.4 is 16.8 Å². The molecule has 1 aromatic rings. The Labute approximate surface area is 252 Å². The van der Waals surface area contributed by atoms with E-state index < -0.39 is 0 Å². The second-order valence-corrected chi connectivity index (χ2v) is 10.4. The standard InChI is InChI=1S/C12H13NS.C11H22.C4H10.C3H9N.C2H6.C2H4.CH5N/c1-13-11-7-4-6-10-9(11)5-2-3-8-12(10)14;1-8(2)10(5)7-11(6)9(3)4;1-4(2)3;1-2-3-4;3*1-2/h2,4-8,13-14H,3H2,1H3;7-10H,1-6H3;4H,1-3H3;2-4H2,1H3;1-2H3;1-2H2;2H2,1H3. The molecule has 0 bridgehead atoms. The second-order valence-electron chi connectivity index (χ2n) is 9.93. The van der Waals surface area contributed by atoms with Gasteiger partial charge in [0, 0.05) is 23.2 Å². The fraction of sp³-hybridized carbons (Fsp3) is 0.600. The van der Waals surface area contributed by atoms with Crippen molar-refractivity contribution in [3.05, 3.63) is 66.3 Å². The van der Waals surface area contributed by atoms with Crippen molar-refractivity contribution in [1.29, 1.82) is 0 Å². The van der Waals surface area contributed by atoms with Crippen molar-refractivity contribution in [2.24, 2.45) is 35.1 Å². The summed E-state index contributed by atoms with van der Waals surface area (Å²) in [5.74, 6) is 3.03. The number of fused-ring (bicyclic) bond motifs is 1. The average molecular weight is 564 g/mol. The smallest absolute Gasteiger partial charge is 0.0417 e. The van der Waals surface area contributed by atoms with Gasteiger partial charge >= 0.3 is 0 Å². The Morgan fingerprint density at radius 3 is 1.85 bits per heavy atom. The summed E-state index contributed by atoms with van der Waals surface area (Å²) in [4.78, 5) is 1.06. The summed E-state index contributed by atoms with van der Waals surface area (Å²) < 4.78 is 0. The molecule has 1 atom stereocenters. The van der Waals surface area contributed by atoms with Crippen molar-refractivity contribution in [2.45, 2.75) is 95.9 Å². The van der Waals surface area contributed by atoms with Gasteiger partial charge in [0.05, 0.1) is 0 Å².